The second-order valence-electron chi connectivity index (χ2n) is 21.6. The van der Waals surface area contributed by atoms with Crippen molar-refractivity contribution in [2.24, 2.45) is 0 Å². The lowest BCUT2D eigenvalue weighted by atomic mass is 10.0. The molecular formula is C71H122O6. The topological polar surface area (TPSA) is 78.9 Å². The van der Waals surface area contributed by atoms with Crippen LogP contribution in [0.2, 0.25) is 0 Å². The van der Waals surface area contributed by atoms with Crippen LogP contribution in [0.4, 0.5) is 0 Å². The fraction of sp³-hybridized carbons (Fsp3) is 0.732. The molecule has 0 spiro atoms. The molecule has 0 aliphatic rings. The van der Waals surface area contributed by atoms with E-state index in [0.717, 1.165) is 109 Å². The highest BCUT2D eigenvalue weighted by atomic mass is 16.6. The third-order valence-corrected chi connectivity index (χ3v) is 14.1. The van der Waals surface area contributed by atoms with Crippen LogP contribution in [0.3, 0.4) is 0 Å². The van der Waals surface area contributed by atoms with Crippen LogP contribution in [0, 0.1) is 0 Å². The number of rotatable bonds is 59. The molecule has 77 heavy (non-hydrogen) atoms. The van der Waals surface area contributed by atoms with Crippen LogP contribution < -0.4 is 0 Å². The summed E-state index contributed by atoms with van der Waals surface area (Å²) >= 11 is 0. The van der Waals surface area contributed by atoms with Crippen molar-refractivity contribution in [2.75, 3.05) is 13.2 Å². The van der Waals surface area contributed by atoms with Crippen molar-refractivity contribution in [2.45, 2.75) is 322 Å². The molecule has 0 radical (unpaired) electrons. The monoisotopic (exact) mass is 1070 g/mol. The molecule has 0 aromatic rings. The number of carbonyl (C=O) groups excluding carboxylic acids is 3. The van der Waals surface area contributed by atoms with Crippen molar-refractivity contribution in [3.63, 3.8) is 0 Å². The molecule has 0 rings (SSSR count). The Balaban J connectivity index is 4.00. The molecule has 1 atom stereocenters. The first-order chi connectivity index (χ1) is 38.0. The van der Waals surface area contributed by atoms with E-state index in [1.807, 2.05) is 0 Å². The molecule has 0 aliphatic carbocycles. The zero-order valence-corrected chi connectivity index (χ0v) is 50.7. The first-order valence-electron chi connectivity index (χ1n) is 32.7. The third kappa shape index (κ3) is 63.0. The van der Waals surface area contributed by atoms with E-state index >= 15 is 0 Å². The summed E-state index contributed by atoms with van der Waals surface area (Å²) in [6.07, 6.45) is 87.6. The lowest BCUT2D eigenvalue weighted by molar-refractivity contribution is -0.167. The standard InChI is InChI=1S/C71H122O6/c1-4-7-10-13-15-17-19-21-23-25-27-29-30-31-32-33-34-35-36-37-38-39-40-42-43-45-47-49-51-53-55-58-61-64-70(73)76-67-68(66-75-69(72)63-60-57-12-9-6-3)77-71(74)65-62-59-56-54-52-50-48-46-44-41-28-26-24-22-20-18-16-14-11-8-5-2/h7,10,15,17,20-23,26-29,31-32,34-35,68H,4-6,8-9,11-14,16,18-19,24-25,30,33,36-67H2,1-3H3/b10-7-,17-15-,22-20-,23-21-,28-26-,29-27-,32-31-,35-34-. The minimum atomic E-state index is -0.776. The van der Waals surface area contributed by atoms with E-state index in [-0.39, 0.29) is 31.1 Å². The van der Waals surface area contributed by atoms with Gasteiger partial charge in [-0.15, -0.1) is 0 Å². The van der Waals surface area contributed by atoms with Gasteiger partial charge in [0.1, 0.15) is 13.2 Å². The molecule has 0 aliphatic heterocycles. The number of allylic oxidation sites excluding steroid dienone is 16. The van der Waals surface area contributed by atoms with Crippen LogP contribution in [0.15, 0.2) is 97.2 Å². The van der Waals surface area contributed by atoms with Gasteiger partial charge in [-0.05, 0) is 103 Å². The summed E-state index contributed by atoms with van der Waals surface area (Å²) in [5.74, 6) is -0.886. The van der Waals surface area contributed by atoms with Gasteiger partial charge in [0, 0.05) is 19.3 Å². The van der Waals surface area contributed by atoms with Crippen LogP contribution in [0.5, 0.6) is 0 Å². The average molecular weight is 1070 g/mol. The van der Waals surface area contributed by atoms with Crippen molar-refractivity contribution < 1.29 is 28.6 Å². The molecule has 6 nitrogen and oxygen atoms in total. The quantitative estimate of drug-likeness (QED) is 0.0261. The summed E-state index contributed by atoms with van der Waals surface area (Å²) in [5, 5.41) is 0. The molecule has 0 fully saturated rings. The Morgan fingerprint density at radius 2 is 0.506 bits per heavy atom. The summed E-state index contributed by atoms with van der Waals surface area (Å²) in [6.45, 7) is 6.45. The predicted octanol–water partition coefficient (Wildman–Crippen LogP) is 22.4. The molecule has 0 aromatic carbocycles. The number of hydrogen-bond acceptors (Lipinski definition) is 6. The lowest BCUT2D eigenvalue weighted by Gasteiger charge is -2.18. The van der Waals surface area contributed by atoms with E-state index in [4.69, 9.17) is 14.2 Å². The average Bonchev–Trinajstić information content (AvgIpc) is 3.43. The molecule has 6 heteroatoms. The van der Waals surface area contributed by atoms with Crippen LogP contribution in [-0.4, -0.2) is 37.2 Å². The molecule has 0 heterocycles. The Bertz CT molecular complexity index is 1510. The molecule has 442 valence electrons. The maximum atomic E-state index is 12.8. The molecule has 0 N–H and O–H groups in total. The Morgan fingerprint density at radius 3 is 0.792 bits per heavy atom. The molecule has 0 aromatic heterocycles. The second kappa shape index (κ2) is 64.9. The zero-order valence-electron chi connectivity index (χ0n) is 50.7. The second-order valence-corrected chi connectivity index (χ2v) is 21.6. The molecule has 0 saturated heterocycles. The van der Waals surface area contributed by atoms with E-state index in [1.165, 1.54) is 167 Å². The van der Waals surface area contributed by atoms with Crippen LogP contribution in [0.25, 0.3) is 0 Å². The van der Waals surface area contributed by atoms with Gasteiger partial charge in [-0.3, -0.25) is 14.4 Å². The summed E-state index contributed by atoms with van der Waals surface area (Å²) in [4.78, 5) is 37.9. The van der Waals surface area contributed by atoms with Gasteiger partial charge in [-0.1, -0.05) is 291 Å². The number of ether oxygens (including phenoxy) is 3. The fourth-order valence-electron chi connectivity index (χ4n) is 9.18. The molecule has 0 saturated carbocycles. The van der Waals surface area contributed by atoms with Gasteiger partial charge in [0.05, 0.1) is 0 Å². The van der Waals surface area contributed by atoms with Gasteiger partial charge in [0.15, 0.2) is 6.10 Å². The number of unbranched alkanes of at least 4 members (excludes halogenated alkanes) is 32. The van der Waals surface area contributed by atoms with E-state index in [2.05, 4.69) is 118 Å². The molecule has 0 bridgehead atoms. The van der Waals surface area contributed by atoms with Crippen molar-refractivity contribution >= 4 is 17.9 Å². The van der Waals surface area contributed by atoms with Gasteiger partial charge < -0.3 is 14.2 Å². The minimum absolute atomic E-state index is 0.0770. The van der Waals surface area contributed by atoms with Gasteiger partial charge in [-0.2, -0.15) is 0 Å². The van der Waals surface area contributed by atoms with Crippen molar-refractivity contribution in [1.82, 2.24) is 0 Å². The Morgan fingerprint density at radius 1 is 0.273 bits per heavy atom. The van der Waals surface area contributed by atoms with E-state index in [9.17, 15) is 14.4 Å². The normalized spacial score (nSPS) is 12.7. The van der Waals surface area contributed by atoms with Crippen LogP contribution in [-0.2, 0) is 28.6 Å². The van der Waals surface area contributed by atoms with Crippen molar-refractivity contribution in [3.8, 4) is 0 Å². The Hall–Kier alpha value is -3.67. The van der Waals surface area contributed by atoms with E-state index in [1.54, 1.807) is 0 Å². The first kappa shape index (κ1) is 73.3. The van der Waals surface area contributed by atoms with Crippen molar-refractivity contribution in [3.05, 3.63) is 97.2 Å². The summed E-state index contributed by atoms with van der Waals surface area (Å²) < 4.78 is 16.8. The Labute approximate surface area is 477 Å². The SMILES string of the molecule is CC/C=C\C/C=C\C/C=C\C/C=C\C/C=C\C/C=C\CCCCCCCCCCCCCCCCC(=O)OCC(COC(=O)CCCCCCC)OC(=O)CCCCCCCCCCC/C=C\C/C=C\CCCCCCC. The van der Waals surface area contributed by atoms with Crippen molar-refractivity contribution in [1.29, 1.82) is 0 Å². The molecule has 0 amide bonds. The van der Waals surface area contributed by atoms with E-state index < -0.39 is 6.10 Å². The van der Waals surface area contributed by atoms with Gasteiger partial charge in [0.2, 0.25) is 0 Å². The zero-order chi connectivity index (χ0) is 55.7. The summed E-state index contributed by atoms with van der Waals surface area (Å²) in [6, 6.07) is 0. The minimum Gasteiger partial charge on any atom is -0.462 e. The smallest absolute Gasteiger partial charge is 0.306 e. The van der Waals surface area contributed by atoms with E-state index in [0.29, 0.717) is 19.3 Å². The van der Waals surface area contributed by atoms with Gasteiger partial charge in [-0.25, -0.2) is 0 Å². The Kier molecular flexibility index (Phi) is 61.8. The fourth-order valence-corrected chi connectivity index (χ4v) is 9.18. The van der Waals surface area contributed by atoms with Gasteiger partial charge >= 0.3 is 17.9 Å². The molecule has 1 unspecified atom stereocenters. The molecular weight excluding hydrogens is 949 g/mol. The summed E-state index contributed by atoms with van der Waals surface area (Å²) in [7, 11) is 0. The van der Waals surface area contributed by atoms with Crippen LogP contribution >= 0.6 is 0 Å². The lowest BCUT2D eigenvalue weighted by Crippen LogP contribution is -2.30. The van der Waals surface area contributed by atoms with Crippen LogP contribution in [0.1, 0.15) is 316 Å². The van der Waals surface area contributed by atoms with Gasteiger partial charge in [0.25, 0.3) is 0 Å². The highest BCUT2D eigenvalue weighted by Crippen LogP contribution is 2.16. The maximum absolute atomic E-state index is 12.8. The predicted molar refractivity (Wildman–Crippen MR) is 334 cm³/mol. The summed E-state index contributed by atoms with van der Waals surface area (Å²) in [5.41, 5.74) is 0. The maximum Gasteiger partial charge on any atom is 0.306 e. The third-order valence-electron chi connectivity index (χ3n) is 14.1. The largest absolute Gasteiger partial charge is 0.462 e. The first-order valence-corrected chi connectivity index (χ1v) is 32.7. The highest BCUT2D eigenvalue weighted by molar-refractivity contribution is 5.71. The number of hydrogen-bond donors (Lipinski definition) is 0. The number of esters is 3. The highest BCUT2D eigenvalue weighted by Gasteiger charge is 2.19. The number of carbonyl (C=O) groups is 3.